The number of nitrogens with one attached hydrogen (secondary N) is 1. The Hall–Kier alpha value is -3.85. The zero-order valence-electron chi connectivity index (χ0n) is 17.9. The van der Waals surface area contributed by atoms with Crippen molar-refractivity contribution in [3.63, 3.8) is 0 Å². The normalized spacial score (nSPS) is 12.0. The van der Waals surface area contributed by atoms with Crippen LogP contribution in [0.3, 0.4) is 0 Å². The monoisotopic (exact) mass is 459 g/mol. The van der Waals surface area contributed by atoms with Gasteiger partial charge in [0.25, 0.3) is 0 Å². The lowest BCUT2D eigenvalue weighted by molar-refractivity contribution is -0.118. The van der Waals surface area contributed by atoms with Crippen LogP contribution in [-0.2, 0) is 11.3 Å². The summed E-state index contributed by atoms with van der Waals surface area (Å²) in [5.41, 5.74) is 3.84. The number of nitrogens with zero attached hydrogens (tertiary/aromatic N) is 4. The molecule has 2 aromatic carbocycles. The topological polar surface area (TPSA) is 91.2 Å². The molecule has 0 spiro atoms. The van der Waals surface area contributed by atoms with Gasteiger partial charge in [0.1, 0.15) is 0 Å². The molecule has 4 aromatic rings. The van der Waals surface area contributed by atoms with Gasteiger partial charge in [0.15, 0.2) is 22.5 Å². The number of para-hydroxylation sites is 1. The van der Waals surface area contributed by atoms with Crippen LogP contribution in [0.2, 0.25) is 0 Å². The van der Waals surface area contributed by atoms with Crippen LogP contribution in [0, 0.1) is 6.92 Å². The van der Waals surface area contributed by atoms with Crippen molar-refractivity contribution in [3.05, 3.63) is 78.1 Å². The first kappa shape index (κ1) is 21.0. The van der Waals surface area contributed by atoms with Crippen LogP contribution in [0.25, 0.3) is 17.1 Å². The number of rotatable bonds is 7. The summed E-state index contributed by atoms with van der Waals surface area (Å²) in [5, 5.41) is 12.4. The van der Waals surface area contributed by atoms with Crippen molar-refractivity contribution in [2.24, 2.45) is 0 Å². The van der Waals surface area contributed by atoms with Crippen molar-refractivity contribution in [1.82, 2.24) is 25.1 Å². The standard InChI is InChI=1S/C24H21N5O3S/c1-16-5-2-3-7-19(16)29-23(18-6-4-10-25-13-18)27-28-24(29)33-14-22(30)26-12-17-8-9-20-21(11-17)32-15-31-20/h2-11,13H,12,14-15H2,1H3,(H,26,30). The van der Waals surface area contributed by atoms with Gasteiger partial charge in [0.2, 0.25) is 12.7 Å². The second-order valence-electron chi connectivity index (χ2n) is 7.42. The van der Waals surface area contributed by atoms with Crippen molar-refractivity contribution in [1.29, 1.82) is 0 Å². The number of amides is 1. The summed E-state index contributed by atoms with van der Waals surface area (Å²) in [5.74, 6) is 2.22. The molecular weight excluding hydrogens is 438 g/mol. The number of thioether (sulfide) groups is 1. The van der Waals surface area contributed by atoms with E-state index in [2.05, 4.69) is 20.5 Å². The number of hydrogen-bond donors (Lipinski definition) is 1. The minimum atomic E-state index is -0.0973. The van der Waals surface area contributed by atoms with Crippen LogP contribution >= 0.6 is 11.8 Å². The molecule has 0 fully saturated rings. The van der Waals surface area contributed by atoms with Gasteiger partial charge in [0.05, 0.1) is 11.4 Å². The van der Waals surface area contributed by atoms with Gasteiger partial charge in [0, 0.05) is 24.5 Å². The molecule has 0 atom stereocenters. The fourth-order valence-corrected chi connectivity index (χ4v) is 4.28. The number of benzene rings is 2. The predicted octanol–water partition coefficient (Wildman–Crippen LogP) is 3.77. The molecule has 3 heterocycles. The van der Waals surface area contributed by atoms with E-state index in [1.807, 2.05) is 66.1 Å². The zero-order valence-corrected chi connectivity index (χ0v) is 18.7. The molecule has 0 bridgehead atoms. The van der Waals surface area contributed by atoms with Gasteiger partial charge in [-0.3, -0.25) is 14.3 Å². The Bertz CT molecular complexity index is 1290. The molecule has 5 rings (SSSR count). The molecule has 0 unspecified atom stereocenters. The fourth-order valence-electron chi connectivity index (χ4n) is 3.51. The number of aromatic nitrogens is 4. The Morgan fingerprint density at radius 2 is 1.97 bits per heavy atom. The molecule has 1 amide bonds. The molecule has 1 aliphatic rings. The fraction of sp³-hybridized carbons (Fsp3) is 0.167. The van der Waals surface area contributed by atoms with Gasteiger partial charge in [-0.2, -0.15) is 0 Å². The first-order valence-corrected chi connectivity index (χ1v) is 11.4. The molecule has 0 saturated heterocycles. The third-order valence-corrected chi connectivity index (χ3v) is 6.10. The second kappa shape index (κ2) is 9.33. The first-order chi connectivity index (χ1) is 16.2. The van der Waals surface area contributed by atoms with Crippen LogP contribution in [0.5, 0.6) is 11.5 Å². The maximum absolute atomic E-state index is 12.6. The van der Waals surface area contributed by atoms with Crippen molar-refractivity contribution in [3.8, 4) is 28.6 Å². The third kappa shape index (κ3) is 4.54. The Balaban J connectivity index is 1.31. The third-order valence-electron chi connectivity index (χ3n) is 5.17. The summed E-state index contributed by atoms with van der Waals surface area (Å²) in [6.07, 6.45) is 3.48. The van der Waals surface area contributed by atoms with Crippen molar-refractivity contribution in [2.75, 3.05) is 12.5 Å². The zero-order chi connectivity index (χ0) is 22.6. The number of pyridine rings is 1. The number of hydrogen-bond acceptors (Lipinski definition) is 7. The van der Waals surface area contributed by atoms with Crippen LogP contribution in [0.15, 0.2) is 72.1 Å². The van der Waals surface area contributed by atoms with E-state index in [9.17, 15) is 4.79 Å². The lowest BCUT2D eigenvalue weighted by atomic mass is 10.2. The highest BCUT2D eigenvalue weighted by Crippen LogP contribution is 2.32. The Kier molecular flexibility index (Phi) is 5.95. The quantitative estimate of drug-likeness (QED) is 0.421. The summed E-state index contributed by atoms with van der Waals surface area (Å²) >= 11 is 1.34. The van der Waals surface area contributed by atoms with E-state index >= 15 is 0 Å². The van der Waals surface area contributed by atoms with Crippen LogP contribution in [-0.4, -0.2) is 38.2 Å². The molecule has 166 valence electrons. The second-order valence-corrected chi connectivity index (χ2v) is 8.37. The molecule has 2 aromatic heterocycles. The Labute approximate surface area is 195 Å². The van der Waals surface area contributed by atoms with Gasteiger partial charge in [-0.15, -0.1) is 10.2 Å². The summed E-state index contributed by atoms with van der Waals surface area (Å²) in [6, 6.07) is 17.5. The van der Waals surface area contributed by atoms with E-state index in [-0.39, 0.29) is 18.5 Å². The smallest absolute Gasteiger partial charge is 0.231 e. The molecule has 0 saturated carbocycles. The van der Waals surface area contributed by atoms with E-state index < -0.39 is 0 Å². The molecule has 8 nitrogen and oxygen atoms in total. The minimum absolute atomic E-state index is 0.0973. The van der Waals surface area contributed by atoms with Gasteiger partial charge in [-0.05, 0) is 48.4 Å². The van der Waals surface area contributed by atoms with Crippen molar-refractivity contribution in [2.45, 2.75) is 18.6 Å². The Morgan fingerprint density at radius 3 is 2.82 bits per heavy atom. The SMILES string of the molecule is Cc1ccccc1-n1c(SCC(=O)NCc2ccc3c(c2)OCO3)nnc1-c1cccnc1. The van der Waals surface area contributed by atoms with Gasteiger partial charge in [-0.25, -0.2) is 0 Å². The summed E-state index contributed by atoms with van der Waals surface area (Å²) in [4.78, 5) is 16.8. The average Bonchev–Trinajstić information content (AvgIpc) is 3.49. The average molecular weight is 460 g/mol. The largest absolute Gasteiger partial charge is 0.454 e. The van der Waals surface area contributed by atoms with E-state index in [0.717, 1.165) is 28.1 Å². The van der Waals surface area contributed by atoms with Gasteiger partial charge in [-0.1, -0.05) is 36.0 Å². The van der Waals surface area contributed by atoms with Crippen LogP contribution in [0.1, 0.15) is 11.1 Å². The number of aryl methyl sites for hydroxylation is 1. The maximum Gasteiger partial charge on any atom is 0.231 e. The highest BCUT2D eigenvalue weighted by atomic mass is 32.2. The van der Waals surface area contributed by atoms with E-state index in [4.69, 9.17) is 9.47 Å². The van der Waals surface area contributed by atoms with E-state index in [0.29, 0.717) is 23.3 Å². The molecular formula is C24H21N5O3S. The minimum Gasteiger partial charge on any atom is -0.454 e. The van der Waals surface area contributed by atoms with Gasteiger partial charge < -0.3 is 14.8 Å². The van der Waals surface area contributed by atoms with Crippen molar-refractivity contribution < 1.29 is 14.3 Å². The number of fused-ring (bicyclic) bond motifs is 1. The van der Waals surface area contributed by atoms with Gasteiger partial charge >= 0.3 is 0 Å². The lowest BCUT2D eigenvalue weighted by Crippen LogP contribution is -2.24. The lowest BCUT2D eigenvalue weighted by Gasteiger charge is -2.12. The highest BCUT2D eigenvalue weighted by molar-refractivity contribution is 7.99. The number of carbonyl (C=O) groups excluding carboxylic acids is 1. The van der Waals surface area contributed by atoms with E-state index in [1.54, 1.807) is 12.4 Å². The summed E-state index contributed by atoms with van der Waals surface area (Å²) in [7, 11) is 0. The van der Waals surface area contributed by atoms with E-state index in [1.165, 1.54) is 11.8 Å². The highest BCUT2D eigenvalue weighted by Gasteiger charge is 2.19. The van der Waals surface area contributed by atoms with Crippen molar-refractivity contribution >= 4 is 17.7 Å². The number of carbonyl (C=O) groups is 1. The predicted molar refractivity (Wildman–Crippen MR) is 124 cm³/mol. The molecule has 33 heavy (non-hydrogen) atoms. The van der Waals surface area contributed by atoms with Crippen LogP contribution in [0.4, 0.5) is 0 Å². The first-order valence-electron chi connectivity index (χ1n) is 10.4. The number of ether oxygens (including phenoxy) is 2. The van der Waals surface area contributed by atoms with Crippen LogP contribution < -0.4 is 14.8 Å². The summed E-state index contributed by atoms with van der Waals surface area (Å²) < 4.78 is 12.7. The Morgan fingerprint density at radius 1 is 1.09 bits per heavy atom. The summed E-state index contributed by atoms with van der Waals surface area (Å²) in [6.45, 7) is 2.67. The molecule has 0 radical (unpaired) electrons. The molecule has 0 aliphatic carbocycles. The molecule has 1 aliphatic heterocycles. The molecule has 1 N–H and O–H groups in total. The molecule has 9 heteroatoms. The maximum atomic E-state index is 12.6.